The molecule has 0 aliphatic heterocycles. The molecule has 3 unspecified atom stereocenters. The maximum atomic E-state index is 13.5. The lowest BCUT2D eigenvalue weighted by molar-refractivity contribution is -0.127. The number of methoxy groups -OCH3 is 1. The summed E-state index contributed by atoms with van der Waals surface area (Å²) in [4.78, 5) is 31.4. The largest absolute Gasteiger partial charge is 0.515 e. The summed E-state index contributed by atoms with van der Waals surface area (Å²) >= 11 is 1.45. The van der Waals surface area contributed by atoms with E-state index in [0.717, 1.165) is 42.6 Å². The monoisotopic (exact) mass is 480 g/mol. The van der Waals surface area contributed by atoms with Crippen LogP contribution in [0.15, 0.2) is 36.2 Å². The molecular weight excluding hydrogens is 448 g/mol. The normalized spacial score (nSPS) is 31.0. The van der Waals surface area contributed by atoms with Gasteiger partial charge in [-0.15, -0.1) is 11.3 Å². The Hall–Kier alpha value is -2.67. The molecule has 5 rings (SSSR count). The predicted molar refractivity (Wildman–Crippen MR) is 132 cm³/mol. The number of fused-ring (bicyclic) bond motifs is 5. The molecule has 2 N–H and O–H groups in total. The van der Waals surface area contributed by atoms with Crippen molar-refractivity contribution in [2.75, 3.05) is 12.4 Å². The SMILES string of the molecule is COc1ccc2c(c1)CCC1C2CC[C@]2(C)C(=O)C(=CO)[C@@H](CCC(=O)Nc3ncc(C)s3)C12. The van der Waals surface area contributed by atoms with Crippen LogP contribution in [0.4, 0.5) is 5.13 Å². The molecule has 1 amide bonds. The Morgan fingerprint density at radius 2 is 2.21 bits per heavy atom. The van der Waals surface area contributed by atoms with E-state index >= 15 is 0 Å². The number of amides is 1. The molecule has 34 heavy (non-hydrogen) atoms. The Kier molecular flexibility index (Phi) is 6.00. The van der Waals surface area contributed by atoms with E-state index in [4.69, 9.17) is 4.74 Å². The van der Waals surface area contributed by atoms with Gasteiger partial charge in [-0.1, -0.05) is 13.0 Å². The van der Waals surface area contributed by atoms with Gasteiger partial charge in [-0.3, -0.25) is 9.59 Å². The number of hydrogen-bond acceptors (Lipinski definition) is 6. The van der Waals surface area contributed by atoms with Crippen molar-refractivity contribution >= 4 is 28.2 Å². The van der Waals surface area contributed by atoms with Gasteiger partial charge < -0.3 is 15.2 Å². The number of ether oxygens (including phenoxy) is 1. The maximum absolute atomic E-state index is 13.5. The molecule has 0 saturated heterocycles. The third-order valence-corrected chi connectivity index (χ3v) is 9.32. The number of benzene rings is 1. The Morgan fingerprint density at radius 3 is 2.91 bits per heavy atom. The molecule has 1 aromatic carbocycles. The third kappa shape index (κ3) is 3.74. The van der Waals surface area contributed by atoms with E-state index in [1.54, 1.807) is 13.3 Å². The molecule has 6 nitrogen and oxygen atoms in total. The van der Waals surface area contributed by atoms with E-state index in [-0.39, 0.29) is 23.5 Å². The molecule has 1 aromatic heterocycles. The number of allylic oxidation sites excluding steroid dienone is 1. The first-order valence-corrected chi connectivity index (χ1v) is 13.0. The average molecular weight is 481 g/mol. The minimum absolute atomic E-state index is 0.0694. The molecule has 180 valence electrons. The maximum Gasteiger partial charge on any atom is 0.226 e. The highest BCUT2D eigenvalue weighted by molar-refractivity contribution is 7.15. The number of nitrogens with zero attached hydrogens (tertiary/aromatic N) is 1. The molecule has 2 fully saturated rings. The summed E-state index contributed by atoms with van der Waals surface area (Å²) in [5, 5.41) is 13.6. The molecule has 2 saturated carbocycles. The number of ketones is 1. The quantitative estimate of drug-likeness (QED) is 0.431. The van der Waals surface area contributed by atoms with Gasteiger partial charge >= 0.3 is 0 Å². The zero-order chi connectivity index (χ0) is 24.0. The van der Waals surface area contributed by atoms with E-state index in [9.17, 15) is 14.7 Å². The number of hydrogen-bond donors (Lipinski definition) is 2. The molecule has 1 heterocycles. The minimum Gasteiger partial charge on any atom is -0.515 e. The Labute approximate surface area is 204 Å². The number of carbonyl (C=O) groups excluding carboxylic acids is 2. The lowest BCUT2D eigenvalue weighted by Crippen LogP contribution is -2.44. The first-order valence-electron chi connectivity index (χ1n) is 12.1. The van der Waals surface area contributed by atoms with Gasteiger partial charge in [0.05, 0.1) is 13.4 Å². The van der Waals surface area contributed by atoms with Gasteiger partial charge in [0.1, 0.15) is 5.75 Å². The molecule has 0 spiro atoms. The van der Waals surface area contributed by atoms with Gasteiger partial charge in [0.25, 0.3) is 0 Å². The minimum atomic E-state index is -0.479. The van der Waals surface area contributed by atoms with Gasteiger partial charge in [-0.05, 0) is 86.0 Å². The number of thiazole rings is 1. The summed E-state index contributed by atoms with van der Waals surface area (Å²) in [6, 6.07) is 6.39. The Balaban J connectivity index is 1.40. The van der Waals surface area contributed by atoms with Crippen molar-refractivity contribution in [2.45, 2.75) is 58.3 Å². The topological polar surface area (TPSA) is 88.5 Å². The number of Topliss-reactive ketones (excluding diaryl/α,β-unsaturated/α-hetero) is 1. The molecular formula is C27H32N2O4S. The smallest absolute Gasteiger partial charge is 0.226 e. The van der Waals surface area contributed by atoms with Crippen molar-refractivity contribution in [3.8, 4) is 5.75 Å². The first-order chi connectivity index (χ1) is 16.4. The van der Waals surface area contributed by atoms with E-state index < -0.39 is 5.41 Å². The van der Waals surface area contributed by atoms with E-state index in [1.165, 1.54) is 22.5 Å². The summed E-state index contributed by atoms with van der Waals surface area (Å²) in [7, 11) is 1.70. The van der Waals surface area contributed by atoms with Gasteiger partial charge in [-0.2, -0.15) is 0 Å². The molecule has 7 heteroatoms. The molecule has 0 bridgehead atoms. The van der Waals surface area contributed by atoms with Crippen molar-refractivity contribution in [3.63, 3.8) is 0 Å². The number of anilines is 1. The number of carbonyl (C=O) groups is 2. The number of nitrogens with one attached hydrogen (secondary N) is 1. The van der Waals surface area contributed by atoms with Crippen LogP contribution in [0.1, 0.15) is 60.9 Å². The second-order valence-electron chi connectivity index (χ2n) is 10.2. The number of aliphatic hydroxyl groups excluding tert-OH is 1. The predicted octanol–water partition coefficient (Wildman–Crippen LogP) is 5.58. The highest BCUT2D eigenvalue weighted by atomic mass is 32.1. The standard InChI is InChI=1S/C27H32N2O4S/c1-15-13-28-26(34-15)29-23(31)9-8-21-22(14-30)25(32)27(2)11-10-19-18-7-5-17(33-3)12-16(18)4-6-20(19)24(21)27/h5,7,12-14,19-21,24,30H,4,6,8-11H2,1-3H3,(H,28,29,31)/t19?,20?,21-,24?,27+/m1/s1. The Bertz CT molecular complexity index is 1160. The fourth-order valence-electron chi connectivity index (χ4n) is 7.00. The number of aryl methyl sites for hydroxylation is 2. The molecule has 5 atom stereocenters. The van der Waals surface area contributed by atoms with Crippen molar-refractivity contribution < 1.29 is 19.4 Å². The zero-order valence-corrected chi connectivity index (χ0v) is 20.8. The highest BCUT2D eigenvalue weighted by Crippen LogP contribution is 2.63. The molecule has 2 aromatic rings. The van der Waals surface area contributed by atoms with Crippen LogP contribution in [-0.2, 0) is 16.0 Å². The fourth-order valence-corrected chi connectivity index (χ4v) is 7.69. The second-order valence-corrected chi connectivity index (χ2v) is 11.5. The number of aliphatic hydroxyl groups is 1. The van der Waals surface area contributed by atoms with E-state index in [2.05, 4.69) is 29.4 Å². The number of aromatic nitrogens is 1. The average Bonchev–Trinajstić information content (AvgIpc) is 3.34. The first kappa shape index (κ1) is 23.1. The van der Waals surface area contributed by atoms with Crippen molar-refractivity contribution in [1.82, 2.24) is 4.98 Å². The number of rotatable bonds is 5. The lowest BCUT2D eigenvalue weighted by atomic mass is 9.54. The summed E-state index contributed by atoms with van der Waals surface area (Å²) in [6.45, 7) is 4.04. The van der Waals surface area contributed by atoms with Crippen molar-refractivity contribution in [1.29, 1.82) is 0 Å². The van der Waals surface area contributed by atoms with Crippen LogP contribution in [0.2, 0.25) is 0 Å². The highest BCUT2D eigenvalue weighted by Gasteiger charge is 2.60. The summed E-state index contributed by atoms with van der Waals surface area (Å²) in [6.07, 6.45) is 7.36. The van der Waals surface area contributed by atoms with Gasteiger partial charge in [0.2, 0.25) is 5.91 Å². The third-order valence-electron chi connectivity index (χ3n) is 8.49. The van der Waals surface area contributed by atoms with Crippen LogP contribution in [0.5, 0.6) is 5.75 Å². The Morgan fingerprint density at radius 1 is 1.38 bits per heavy atom. The summed E-state index contributed by atoms with van der Waals surface area (Å²) in [5.41, 5.74) is 2.75. The van der Waals surface area contributed by atoms with Crippen LogP contribution in [-0.4, -0.2) is 28.9 Å². The van der Waals surface area contributed by atoms with E-state index in [1.807, 2.05) is 13.0 Å². The van der Waals surface area contributed by atoms with Crippen molar-refractivity contribution in [3.05, 3.63) is 52.2 Å². The van der Waals surface area contributed by atoms with Gasteiger partial charge in [0, 0.05) is 28.5 Å². The summed E-state index contributed by atoms with van der Waals surface area (Å²) in [5.74, 6) is 1.63. The zero-order valence-electron chi connectivity index (χ0n) is 20.0. The van der Waals surface area contributed by atoms with Gasteiger partial charge in [-0.25, -0.2) is 4.98 Å². The molecule has 0 radical (unpaired) electrons. The molecule has 3 aliphatic rings. The van der Waals surface area contributed by atoms with Gasteiger partial charge in [0.15, 0.2) is 10.9 Å². The van der Waals surface area contributed by atoms with Crippen LogP contribution >= 0.6 is 11.3 Å². The van der Waals surface area contributed by atoms with Crippen LogP contribution < -0.4 is 10.1 Å². The molecule has 3 aliphatic carbocycles. The second kappa shape index (κ2) is 8.84. The van der Waals surface area contributed by atoms with Crippen molar-refractivity contribution in [2.24, 2.45) is 23.2 Å². The fraction of sp³-hybridized carbons (Fsp3) is 0.519. The van der Waals surface area contributed by atoms with Crippen LogP contribution in [0, 0.1) is 30.1 Å². The summed E-state index contributed by atoms with van der Waals surface area (Å²) < 4.78 is 5.44. The van der Waals surface area contributed by atoms with Crippen LogP contribution in [0.3, 0.4) is 0 Å². The lowest BCUT2D eigenvalue weighted by Gasteiger charge is -2.49. The van der Waals surface area contributed by atoms with Crippen LogP contribution in [0.25, 0.3) is 0 Å². The van der Waals surface area contributed by atoms with E-state index in [0.29, 0.717) is 35.4 Å².